The van der Waals surface area contributed by atoms with Crippen molar-refractivity contribution in [2.75, 3.05) is 4.90 Å². The van der Waals surface area contributed by atoms with Crippen molar-refractivity contribution < 1.29 is 9.59 Å². The Balaban J connectivity index is 1.32. The minimum absolute atomic E-state index is 0.320. The lowest BCUT2D eigenvalue weighted by Crippen LogP contribution is -2.29. The quantitative estimate of drug-likeness (QED) is 0.171. The monoisotopic (exact) mass is 666 g/mol. The number of rotatable bonds is 5. The Morgan fingerprint density at radius 1 is 0.442 bits per heavy atom. The molecule has 0 radical (unpaired) electrons. The number of nitriles is 2. The Morgan fingerprint density at radius 2 is 0.962 bits per heavy atom. The van der Waals surface area contributed by atoms with Crippen molar-refractivity contribution in [3.05, 3.63) is 180 Å². The normalized spacial score (nSPS) is 12.2. The number of benzene rings is 7. The summed E-state index contributed by atoms with van der Waals surface area (Å²) in [6.45, 7) is 0. The van der Waals surface area contributed by atoms with Gasteiger partial charge < -0.3 is 4.57 Å². The van der Waals surface area contributed by atoms with Gasteiger partial charge >= 0.3 is 0 Å². The SMILES string of the molecule is N#Cc1ccc(-c2cccc3c4cccc(-c5ccc(C#N)cc5)c4n(-c4cccc5c4C(=O)N(c4cccc(-c6ccccc6)c4)C5=O)c23)cc1. The lowest BCUT2D eigenvalue weighted by Gasteiger charge is -2.17. The zero-order valence-corrected chi connectivity index (χ0v) is 27.6. The number of carbonyl (C=O) groups excluding carboxylic acids is 2. The molecule has 8 aromatic rings. The Hall–Kier alpha value is -7.54. The molecule has 0 aliphatic carbocycles. The third kappa shape index (κ3) is 4.71. The summed E-state index contributed by atoms with van der Waals surface area (Å²) in [6.07, 6.45) is 0. The van der Waals surface area contributed by atoms with E-state index in [2.05, 4.69) is 28.8 Å². The van der Waals surface area contributed by atoms with E-state index in [-0.39, 0.29) is 5.91 Å². The number of carbonyl (C=O) groups is 2. The molecule has 6 heteroatoms. The second kappa shape index (κ2) is 12.1. The van der Waals surface area contributed by atoms with E-state index in [4.69, 9.17) is 0 Å². The third-order valence-corrected chi connectivity index (χ3v) is 9.80. The van der Waals surface area contributed by atoms with Crippen LogP contribution in [-0.2, 0) is 0 Å². The van der Waals surface area contributed by atoms with Crippen molar-refractivity contribution in [1.82, 2.24) is 4.57 Å². The summed E-state index contributed by atoms with van der Waals surface area (Å²) < 4.78 is 2.11. The highest BCUT2D eigenvalue weighted by atomic mass is 16.2. The van der Waals surface area contributed by atoms with Gasteiger partial charge in [-0.2, -0.15) is 10.5 Å². The van der Waals surface area contributed by atoms with Crippen molar-refractivity contribution in [1.29, 1.82) is 10.5 Å². The van der Waals surface area contributed by atoms with E-state index in [1.165, 1.54) is 4.90 Å². The molecule has 1 aromatic heterocycles. The molecule has 0 bridgehead atoms. The maximum absolute atomic E-state index is 14.7. The lowest BCUT2D eigenvalue weighted by atomic mass is 9.99. The number of fused-ring (bicyclic) bond motifs is 4. The molecule has 0 saturated carbocycles. The van der Waals surface area contributed by atoms with Crippen LogP contribution < -0.4 is 4.90 Å². The number of amides is 2. The Kier molecular flexibility index (Phi) is 7.10. The first-order valence-electron chi connectivity index (χ1n) is 16.8. The average Bonchev–Trinajstić information content (AvgIpc) is 3.69. The van der Waals surface area contributed by atoms with E-state index < -0.39 is 5.91 Å². The van der Waals surface area contributed by atoms with Gasteiger partial charge in [0.05, 0.1) is 56.8 Å². The highest BCUT2D eigenvalue weighted by molar-refractivity contribution is 6.36. The molecular weight excluding hydrogens is 641 g/mol. The minimum Gasteiger partial charge on any atom is -0.307 e. The molecule has 0 fully saturated rings. The van der Waals surface area contributed by atoms with Crippen LogP contribution in [0, 0.1) is 22.7 Å². The molecule has 52 heavy (non-hydrogen) atoms. The average molecular weight is 667 g/mol. The van der Waals surface area contributed by atoms with E-state index in [9.17, 15) is 20.1 Å². The molecule has 0 spiro atoms. The number of aromatic nitrogens is 1. The summed E-state index contributed by atoms with van der Waals surface area (Å²) in [5, 5.41) is 20.9. The Bertz CT molecular complexity index is 2720. The summed E-state index contributed by atoms with van der Waals surface area (Å²) in [5.41, 5.74) is 10.1. The Morgan fingerprint density at radius 3 is 1.54 bits per heavy atom. The van der Waals surface area contributed by atoms with Crippen molar-refractivity contribution in [2.45, 2.75) is 0 Å². The minimum atomic E-state index is -0.400. The number of para-hydroxylation sites is 2. The van der Waals surface area contributed by atoms with Gasteiger partial charge in [-0.25, -0.2) is 4.90 Å². The number of nitrogens with zero attached hydrogens (tertiary/aromatic N) is 4. The first-order valence-corrected chi connectivity index (χ1v) is 16.8. The van der Waals surface area contributed by atoms with Crippen molar-refractivity contribution in [2.24, 2.45) is 0 Å². The van der Waals surface area contributed by atoms with Gasteiger partial charge in [0.25, 0.3) is 11.8 Å². The molecule has 1 aliphatic rings. The van der Waals surface area contributed by atoms with Gasteiger partial charge in [0.15, 0.2) is 0 Å². The van der Waals surface area contributed by atoms with Crippen LogP contribution in [0.15, 0.2) is 158 Å². The van der Waals surface area contributed by atoms with Gasteiger partial charge in [-0.1, -0.05) is 109 Å². The summed E-state index contributed by atoms with van der Waals surface area (Å²) in [4.78, 5) is 30.2. The molecule has 2 heterocycles. The van der Waals surface area contributed by atoms with Gasteiger partial charge in [0, 0.05) is 21.9 Å². The van der Waals surface area contributed by atoms with Crippen LogP contribution in [0.4, 0.5) is 5.69 Å². The number of hydrogen-bond donors (Lipinski definition) is 0. The van der Waals surface area contributed by atoms with E-state index in [1.807, 2.05) is 109 Å². The highest BCUT2D eigenvalue weighted by Gasteiger charge is 2.39. The van der Waals surface area contributed by atoms with Crippen molar-refractivity contribution in [3.8, 4) is 51.2 Å². The maximum atomic E-state index is 14.7. The molecule has 1 aliphatic heterocycles. The zero-order valence-electron chi connectivity index (χ0n) is 27.6. The molecule has 2 amide bonds. The topological polar surface area (TPSA) is 89.9 Å². The molecule has 0 unspecified atom stereocenters. The largest absolute Gasteiger partial charge is 0.307 e. The van der Waals surface area contributed by atoms with Gasteiger partial charge in [0.1, 0.15) is 0 Å². The van der Waals surface area contributed by atoms with Gasteiger partial charge in [0.2, 0.25) is 0 Å². The van der Waals surface area contributed by atoms with E-state index in [0.29, 0.717) is 33.6 Å². The fourth-order valence-corrected chi connectivity index (χ4v) is 7.41. The number of anilines is 1. The van der Waals surface area contributed by atoms with Gasteiger partial charge in [-0.05, 0) is 70.8 Å². The summed E-state index contributed by atoms with van der Waals surface area (Å²) in [6, 6.07) is 54.4. The van der Waals surface area contributed by atoms with E-state index >= 15 is 0 Å². The van der Waals surface area contributed by atoms with Crippen LogP contribution in [0.2, 0.25) is 0 Å². The molecule has 0 atom stereocenters. The first kappa shape index (κ1) is 30.5. The van der Waals surface area contributed by atoms with Crippen molar-refractivity contribution >= 4 is 39.3 Å². The van der Waals surface area contributed by atoms with Gasteiger partial charge in [-0.3, -0.25) is 9.59 Å². The van der Waals surface area contributed by atoms with Crippen LogP contribution in [0.1, 0.15) is 31.8 Å². The van der Waals surface area contributed by atoms with Crippen LogP contribution >= 0.6 is 0 Å². The fourth-order valence-electron chi connectivity index (χ4n) is 7.41. The summed E-state index contributed by atoms with van der Waals surface area (Å²) in [5.74, 6) is -0.782. The predicted molar refractivity (Wildman–Crippen MR) is 204 cm³/mol. The molecule has 6 nitrogen and oxygen atoms in total. The van der Waals surface area contributed by atoms with Crippen LogP contribution in [0.25, 0.3) is 60.9 Å². The van der Waals surface area contributed by atoms with Crippen molar-refractivity contribution in [3.63, 3.8) is 0 Å². The predicted octanol–water partition coefficient (Wildman–Crippen LogP) is 10.3. The van der Waals surface area contributed by atoms with Crippen LogP contribution in [0.5, 0.6) is 0 Å². The number of hydrogen-bond acceptors (Lipinski definition) is 4. The smallest absolute Gasteiger partial charge is 0.268 e. The Labute approximate surface area is 299 Å². The molecule has 9 rings (SSSR count). The maximum Gasteiger partial charge on any atom is 0.268 e. The molecule has 7 aromatic carbocycles. The number of imide groups is 1. The molecule has 242 valence electrons. The summed E-state index contributed by atoms with van der Waals surface area (Å²) >= 11 is 0. The second-order valence-corrected chi connectivity index (χ2v) is 12.7. The third-order valence-electron chi connectivity index (χ3n) is 9.80. The van der Waals surface area contributed by atoms with Gasteiger partial charge in [-0.15, -0.1) is 0 Å². The summed E-state index contributed by atoms with van der Waals surface area (Å²) in [7, 11) is 0. The molecule has 0 saturated heterocycles. The fraction of sp³-hybridized carbons (Fsp3) is 0. The highest BCUT2D eigenvalue weighted by Crippen LogP contribution is 2.44. The lowest BCUT2D eigenvalue weighted by molar-refractivity contribution is 0.0926. The second-order valence-electron chi connectivity index (χ2n) is 12.7. The van der Waals surface area contributed by atoms with Crippen LogP contribution in [-0.4, -0.2) is 16.4 Å². The standard InChI is InChI=1S/C46H26N4O2/c47-27-29-18-22-32(23-19-29)36-12-5-14-38-39-15-6-13-37(33-24-20-30(28-48)21-25-33)44(39)50(43(36)38)41-17-7-16-40-42(41)46(52)49(45(40)51)35-11-4-10-34(26-35)31-8-2-1-3-9-31/h1-26H. The van der Waals surface area contributed by atoms with E-state index in [0.717, 1.165) is 55.2 Å². The first-order chi connectivity index (χ1) is 25.6. The van der Waals surface area contributed by atoms with Crippen LogP contribution in [0.3, 0.4) is 0 Å². The molecular formula is C46H26N4O2. The zero-order chi connectivity index (χ0) is 35.3. The molecule has 0 N–H and O–H groups in total. The van der Waals surface area contributed by atoms with E-state index in [1.54, 1.807) is 36.4 Å².